The Kier molecular flexibility index (Phi) is 9.36. The van der Waals surface area contributed by atoms with Crippen molar-refractivity contribution in [3.8, 4) is 0 Å². The average Bonchev–Trinajstić information content (AvgIpc) is 2.86. The van der Waals surface area contributed by atoms with Gasteiger partial charge in [-0.2, -0.15) is 12.6 Å². The van der Waals surface area contributed by atoms with Gasteiger partial charge in [-0.15, -0.1) is 6.58 Å². The normalized spacial score (nSPS) is 12.8. The van der Waals surface area contributed by atoms with Gasteiger partial charge in [0, 0.05) is 18.0 Å². The van der Waals surface area contributed by atoms with Gasteiger partial charge in [0.25, 0.3) is 5.91 Å². The number of ether oxygens (including phenoxy) is 1. The molecule has 3 rings (SSSR count). The molecule has 3 aromatic carbocycles. The van der Waals surface area contributed by atoms with Crippen molar-refractivity contribution in [3.63, 3.8) is 0 Å². The van der Waals surface area contributed by atoms with E-state index in [0.29, 0.717) is 11.3 Å². The molecule has 37 heavy (non-hydrogen) atoms. The van der Waals surface area contributed by atoms with Crippen LogP contribution in [0, 0.1) is 0 Å². The van der Waals surface area contributed by atoms with Crippen LogP contribution in [-0.4, -0.2) is 46.7 Å². The van der Waals surface area contributed by atoms with Crippen LogP contribution in [0.3, 0.4) is 0 Å². The average molecular weight is 520 g/mol. The van der Waals surface area contributed by atoms with E-state index in [0.717, 1.165) is 10.8 Å². The largest absolute Gasteiger partial charge is 0.444 e. The number of fused-ring (bicyclic) bond motifs is 1. The standard InChI is InChI=1S/C29H33N3O4S/c1-5-17-32(27(34)24(19-37)31-28(35)36-29(2,3)4)25(21-12-7-6-8-13-21)26(33)30-23-16-15-20-11-9-10-14-22(20)18-23/h5-16,18,24-25,37H,1,17,19H2,2-4H3,(H,30,33)(H,31,35). The minimum Gasteiger partial charge on any atom is -0.444 e. The third kappa shape index (κ3) is 7.60. The number of nitrogens with zero attached hydrogens (tertiary/aromatic N) is 1. The highest BCUT2D eigenvalue weighted by molar-refractivity contribution is 7.80. The monoisotopic (exact) mass is 519 g/mol. The fraction of sp³-hybridized carbons (Fsp3) is 0.276. The number of carbonyl (C=O) groups is 3. The topological polar surface area (TPSA) is 87.7 Å². The Balaban J connectivity index is 1.93. The van der Waals surface area contributed by atoms with Crippen LogP contribution < -0.4 is 10.6 Å². The van der Waals surface area contributed by atoms with Crippen molar-refractivity contribution in [2.24, 2.45) is 0 Å². The van der Waals surface area contributed by atoms with Crippen LogP contribution in [-0.2, 0) is 14.3 Å². The van der Waals surface area contributed by atoms with E-state index in [1.807, 2.05) is 48.5 Å². The summed E-state index contributed by atoms with van der Waals surface area (Å²) in [7, 11) is 0. The molecule has 0 fully saturated rings. The van der Waals surface area contributed by atoms with E-state index in [2.05, 4.69) is 29.8 Å². The lowest BCUT2D eigenvalue weighted by atomic mass is 10.0. The first-order chi connectivity index (χ1) is 17.6. The second-order valence-corrected chi connectivity index (χ2v) is 9.89. The third-order valence-corrected chi connectivity index (χ3v) is 5.84. The zero-order chi connectivity index (χ0) is 27.0. The van der Waals surface area contributed by atoms with Gasteiger partial charge in [-0.25, -0.2) is 4.79 Å². The van der Waals surface area contributed by atoms with Crippen LogP contribution in [0.2, 0.25) is 0 Å². The van der Waals surface area contributed by atoms with Gasteiger partial charge in [0.05, 0.1) is 0 Å². The molecule has 0 aromatic heterocycles. The van der Waals surface area contributed by atoms with E-state index >= 15 is 0 Å². The fourth-order valence-electron chi connectivity index (χ4n) is 3.88. The number of benzene rings is 3. The minimum absolute atomic E-state index is 0.0134. The number of rotatable bonds is 9. The van der Waals surface area contributed by atoms with Gasteiger partial charge in [-0.1, -0.05) is 66.7 Å². The molecule has 0 heterocycles. The van der Waals surface area contributed by atoms with E-state index in [-0.39, 0.29) is 12.3 Å². The maximum Gasteiger partial charge on any atom is 0.408 e. The maximum absolute atomic E-state index is 13.7. The summed E-state index contributed by atoms with van der Waals surface area (Å²) in [5.41, 5.74) is 0.487. The van der Waals surface area contributed by atoms with Crippen molar-refractivity contribution in [3.05, 3.63) is 91.0 Å². The molecule has 3 amide bonds. The summed E-state index contributed by atoms with van der Waals surface area (Å²) in [4.78, 5) is 41.2. The Bertz CT molecular complexity index is 1260. The molecule has 0 aliphatic carbocycles. The van der Waals surface area contributed by atoms with Crippen molar-refractivity contribution >= 4 is 47.0 Å². The van der Waals surface area contributed by atoms with Crippen molar-refractivity contribution in [1.29, 1.82) is 0 Å². The van der Waals surface area contributed by atoms with Gasteiger partial charge in [-0.05, 0) is 49.2 Å². The lowest BCUT2D eigenvalue weighted by Gasteiger charge is -2.33. The summed E-state index contributed by atoms with van der Waals surface area (Å²) in [5.74, 6) is -0.866. The molecule has 3 aromatic rings. The third-order valence-electron chi connectivity index (χ3n) is 5.47. The zero-order valence-electron chi connectivity index (χ0n) is 21.3. The van der Waals surface area contributed by atoms with Gasteiger partial charge in [0.1, 0.15) is 17.7 Å². The van der Waals surface area contributed by atoms with E-state index < -0.39 is 35.6 Å². The van der Waals surface area contributed by atoms with Crippen LogP contribution in [0.15, 0.2) is 85.5 Å². The van der Waals surface area contributed by atoms with Gasteiger partial charge in [0.2, 0.25) is 5.91 Å². The molecular weight excluding hydrogens is 486 g/mol. The lowest BCUT2D eigenvalue weighted by molar-refractivity contribution is -0.139. The van der Waals surface area contributed by atoms with E-state index in [1.54, 1.807) is 51.1 Å². The first-order valence-corrected chi connectivity index (χ1v) is 12.6. The number of alkyl carbamates (subject to hydrolysis) is 1. The van der Waals surface area contributed by atoms with Gasteiger partial charge in [0.15, 0.2) is 0 Å². The number of amides is 3. The molecule has 0 radical (unpaired) electrons. The smallest absolute Gasteiger partial charge is 0.408 e. The molecule has 194 valence electrons. The van der Waals surface area contributed by atoms with E-state index in [1.165, 1.54) is 4.90 Å². The Labute approximate surface area is 223 Å². The molecule has 0 aliphatic heterocycles. The molecule has 8 heteroatoms. The van der Waals surface area contributed by atoms with Crippen LogP contribution in [0.1, 0.15) is 32.4 Å². The van der Waals surface area contributed by atoms with Gasteiger partial charge >= 0.3 is 6.09 Å². The van der Waals surface area contributed by atoms with Gasteiger partial charge < -0.3 is 20.3 Å². The summed E-state index contributed by atoms with van der Waals surface area (Å²) in [5, 5.41) is 7.57. The Morgan fingerprint density at radius 2 is 1.65 bits per heavy atom. The summed E-state index contributed by atoms with van der Waals surface area (Å²) in [6.45, 7) is 9.05. The highest BCUT2D eigenvalue weighted by Crippen LogP contribution is 2.26. The van der Waals surface area contributed by atoms with E-state index in [4.69, 9.17) is 4.74 Å². The number of hydrogen-bond donors (Lipinski definition) is 3. The number of hydrogen-bond acceptors (Lipinski definition) is 5. The fourth-order valence-corrected chi connectivity index (χ4v) is 4.13. The predicted molar refractivity (Wildman–Crippen MR) is 151 cm³/mol. The molecule has 0 aliphatic rings. The summed E-state index contributed by atoms with van der Waals surface area (Å²) in [6, 6.07) is 20.5. The van der Waals surface area contributed by atoms with Gasteiger partial charge in [-0.3, -0.25) is 9.59 Å². The van der Waals surface area contributed by atoms with Crippen LogP contribution >= 0.6 is 12.6 Å². The van der Waals surface area contributed by atoms with Crippen LogP contribution in [0.25, 0.3) is 10.8 Å². The second-order valence-electron chi connectivity index (χ2n) is 9.53. The number of thiol groups is 1. The number of anilines is 1. The summed E-state index contributed by atoms with van der Waals surface area (Å²) in [6.07, 6.45) is 0.801. The molecule has 0 spiro atoms. The van der Waals surface area contributed by atoms with Crippen molar-refractivity contribution in [2.75, 3.05) is 17.6 Å². The first-order valence-electron chi connectivity index (χ1n) is 12.0. The second kappa shape index (κ2) is 12.5. The molecule has 0 saturated carbocycles. The molecule has 2 atom stereocenters. The van der Waals surface area contributed by atoms with Crippen molar-refractivity contribution in [1.82, 2.24) is 10.2 Å². The predicted octanol–water partition coefficient (Wildman–Crippen LogP) is 5.36. The highest BCUT2D eigenvalue weighted by atomic mass is 32.1. The molecule has 0 bridgehead atoms. The van der Waals surface area contributed by atoms with Crippen LogP contribution in [0.4, 0.5) is 10.5 Å². The Hall–Kier alpha value is -3.78. The van der Waals surface area contributed by atoms with Crippen LogP contribution in [0.5, 0.6) is 0 Å². The number of nitrogens with one attached hydrogen (secondary N) is 2. The first kappa shape index (κ1) is 27.8. The quantitative estimate of drug-likeness (QED) is 0.262. The highest BCUT2D eigenvalue weighted by Gasteiger charge is 2.35. The van der Waals surface area contributed by atoms with Crippen molar-refractivity contribution < 1.29 is 19.1 Å². The SMILES string of the molecule is C=CCN(C(=O)C(CS)NC(=O)OC(C)(C)C)C(C(=O)Nc1ccc2ccccc2c1)c1ccccc1. The molecular formula is C29H33N3O4S. The summed E-state index contributed by atoms with van der Waals surface area (Å²) >= 11 is 4.28. The van der Waals surface area contributed by atoms with E-state index in [9.17, 15) is 14.4 Å². The maximum atomic E-state index is 13.7. The number of carbonyl (C=O) groups excluding carboxylic acids is 3. The lowest BCUT2D eigenvalue weighted by Crippen LogP contribution is -2.53. The Morgan fingerprint density at radius 1 is 1.00 bits per heavy atom. The molecule has 0 saturated heterocycles. The summed E-state index contributed by atoms with van der Waals surface area (Å²) < 4.78 is 5.31. The Morgan fingerprint density at radius 3 is 2.27 bits per heavy atom. The molecule has 7 nitrogen and oxygen atoms in total. The zero-order valence-corrected chi connectivity index (χ0v) is 22.2. The van der Waals surface area contributed by atoms with Crippen molar-refractivity contribution in [2.45, 2.75) is 38.5 Å². The minimum atomic E-state index is -1.02. The molecule has 2 N–H and O–H groups in total. The molecule has 2 unspecified atom stereocenters.